The van der Waals surface area contributed by atoms with Crippen LogP contribution in [0.1, 0.15) is 27.0 Å². The smallest absolute Gasteiger partial charge is 0.340 e. The molecule has 0 aromatic heterocycles. The van der Waals surface area contributed by atoms with E-state index in [1.807, 2.05) is 12.1 Å². The van der Waals surface area contributed by atoms with Gasteiger partial charge in [-0.1, -0.05) is 18.2 Å². The van der Waals surface area contributed by atoms with Crippen molar-refractivity contribution in [2.75, 3.05) is 0 Å². The van der Waals surface area contributed by atoms with Crippen LogP contribution >= 0.6 is 63.7 Å². The Morgan fingerprint density at radius 1 is 0.759 bits per heavy atom. The minimum Gasteiger partial charge on any atom is -0.506 e. The first kappa shape index (κ1) is 22.5. The molecule has 3 aromatic carbocycles. The van der Waals surface area contributed by atoms with Crippen molar-refractivity contribution in [3.63, 3.8) is 0 Å². The summed E-state index contributed by atoms with van der Waals surface area (Å²) in [5, 5.41) is 20.3. The van der Waals surface area contributed by atoms with Crippen LogP contribution in [0.3, 0.4) is 0 Å². The van der Waals surface area contributed by atoms with Crippen LogP contribution < -0.4 is 0 Å². The molecule has 0 spiro atoms. The van der Waals surface area contributed by atoms with Gasteiger partial charge >= 0.3 is 5.97 Å². The fourth-order valence-corrected chi connectivity index (χ4v) is 5.72. The molecular weight excluding hydrogens is 652 g/mol. The minimum absolute atomic E-state index is 0. The lowest BCUT2D eigenvalue weighted by molar-refractivity contribution is 0.0251. The molecule has 1 heterocycles. The van der Waals surface area contributed by atoms with Gasteiger partial charge in [-0.15, -0.1) is 0 Å². The highest BCUT2D eigenvalue weighted by atomic mass is 79.9. The Balaban J connectivity index is 0.00000240. The van der Waals surface area contributed by atoms with Crippen molar-refractivity contribution in [3.05, 3.63) is 88.7 Å². The SMILES string of the molecule is O=C1OC(c2cc(Br)c(O)c(Br)c2)(c2cc(Br)c(O)c(Br)c2)c2ccccc21.[SiH4]. The van der Waals surface area contributed by atoms with E-state index in [1.165, 1.54) is 0 Å². The van der Waals surface area contributed by atoms with Crippen molar-refractivity contribution in [3.8, 4) is 11.5 Å². The first-order chi connectivity index (χ1) is 13.3. The zero-order valence-electron chi connectivity index (χ0n) is 13.8. The fourth-order valence-electron chi connectivity index (χ4n) is 3.35. The van der Waals surface area contributed by atoms with E-state index in [9.17, 15) is 15.0 Å². The van der Waals surface area contributed by atoms with Crippen molar-refractivity contribution in [1.29, 1.82) is 0 Å². The number of hydrogen-bond donors (Lipinski definition) is 2. The summed E-state index contributed by atoms with van der Waals surface area (Å²) in [4.78, 5) is 12.7. The molecule has 0 radical (unpaired) electrons. The highest BCUT2D eigenvalue weighted by Gasteiger charge is 2.49. The number of ether oxygens (including phenoxy) is 1. The summed E-state index contributed by atoms with van der Waals surface area (Å²) in [5.41, 5.74) is 1.14. The maximum atomic E-state index is 12.7. The Hall–Kier alpha value is -1.13. The quantitative estimate of drug-likeness (QED) is 0.294. The van der Waals surface area contributed by atoms with Crippen LogP contribution in [0.2, 0.25) is 0 Å². The van der Waals surface area contributed by atoms with Crippen LogP contribution in [0.4, 0.5) is 0 Å². The van der Waals surface area contributed by atoms with E-state index in [1.54, 1.807) is 36.4 Å². The zero-order valence-corrected chi connectivity index (χ0v) is 20.2. The van der Waals surface area contributed by atoms with Crippen LogP contribution in [0.15, 0.2) is 66.4 Å². The first-order valence-corrected chi connectivity index (χ1v) is 11.1. The third kappa shape index (κ3) is 3.50. The summed E-state index contributed by atoms with van der Waals surface area (Å²) in [6, 6.07) is 14.0. The van der Waals surface area contributed by atoms with E-state index in [2.05, 4.69) is 63.7 Å². The standard InChI is InChI=1S/C20H10Br4O4.H4Si/c21-13-5-9(6-14(22)17(13)25)20(10-7-15(23)18(26)16(24)8-10)12-4-2-1-3-11(12)19(27)28-20;/h1-8,25-26H;1H4. The molecule has 3 aromatic rings. The molecule has 0 aliphatic carbocycles. The maximum Gasteiger partial charge on any atom is 0.340 e. The lowest BCUT2D eigenvalue weighted by atomic mass is 9.80. The van der Waals surface area contributed by atoms with Gasteiger partial charge in [0.05, 0.1) is 23.5 Å². The van der Waals surface area contributed by atoms with E-state index in [0.29, 0.717) is 40.1 Å². The molecule has 0 atom stereocenters. The maximum absolute atomic E-state index is 12.7. The Morgan fingerprint density at radius 3 is 1.62 bits per heavy atom. The van der Waals surface area contributed by atoms with E-state index in [4.69, 9.17) is 4.74 Å². The number of carbonyl (C=O) groups excluding carboxylic acids is 1. The van der Waals surface area contributed by atoms with Crippen LogP contribution in [-0.4, -0.2) is 27.1 Å². The molecule has 0 saturated heterocycles. The molecule has 1 aliphatic rings. The normalized spacial score (nSPS) is 14.1. The molecule has 150 valence electrons. The molecule has 2 N–H and O–H groups in total. The van der Waals surface area contributed by atoms with E-state index in [0.717, 1.165) is 0 Å². The van der Waals surface area contributed by atoms with Crippen molar-refractivity contribution < 1.29 is 19.7 Å². The summed E-state index contributed by atoms with van der Waals surface area (Å²) in [7, 11) is 0. The van der Waals surface area contributed by atoms with Gasteiger partial charge in [0, 0.05) is 16.7 Å². The first-order valence-electron chi connectivity index (χ1n) is 7.95. The number of aromatic hydroxyl groups is 2. The van der Waals surface area contributed by atoms with E-state index in [-0.39, 0.29) is 22.5 Å². The Bertz CT molecular complexity index is 1050. The van der Waals surface area contributed by atoms with Gasteiger partial charge in [-0.25, -0.2) is 4.79 Å². The Kier molecular flexibility index (Phi) is 6.36. The highest BCUT2D eigenvalue weighted by molar-refractivity contribution is 9.11. The Labute approximate surface area is 204 Å². The number of hydrogen-bond acceptors (Lipinski definition) is 4. The summed E-state index contributed by atoms with van der Waals surface area (Å²) in [6.07, 6.45) is 0. The van der Waals surface area contributed by atoms with Crippen LogP contribution in [0.5, 0.6) is 11.5 Å². The van der Waals surface area contributed by atoms with Gasteiger partial charge in [0.25, 0.3) is 0 Å². The second-order valence-electron chi connectivity index (χ2n) is 6.19. The zero-order chi connectivity index (χ0) is 20.2. The molecule has 0 fully saturated rings. The number of benzene rings is 3. The number of esters is 1. The number of rotatable bonds is 2. The molecule has 0 bridgehead atoms. The van der Waals surface area contributed by atoms with Gasteiger partial charge in [-0.05, 0) is 105 Å². The van der Waals surface area contributed by atoms with Crippen LogP contribution in [0, 0.1) is 0 Å². The summed E-state index contributed by atoms with van der Waals surface area (Å²) in [5.74, 6) is -0.356. The lowest BCUT2D eigenvalue weighted by Gasteiger charge is -2.31. The highest BCUT2D eigenvalue weighted by Crippen LogP contribution is 2.51. The summed E-state index contributed by atoms with van der Waals surface area (Å²) in [6.45, 7) is 0. The van der Waals surface area contributed by atoms with E-state index < -0.39 is 11.6 Å². The predicted octanol–water partition coefficient (Wildman–Crippen LogP) is 5.16. The number of carbonyl (C=O) groups is 1. The number of halogens is 4. The average molecular weight is 666 g/mol. The molecule has 4 nitrogen and oxygen atoms in total. The topological polar surface area (TPSA) is 66.8 Å². The molecular formula is C20H14Br4O4Si. The number of phenols is 2. The van der Waals surface area contributed by atoms with Crippen molar-refractivity contribution in [1.82, 2.24) is 0 Å². The molecule has 0 amide bonds. The van der Waals surface area contributed by atoms with Crippen molar-refractivity contribution >= 4 is 80.7 Å². The monoisotopic (exact) mass is 662 g/mol. The molecule has 0 saturated carbocycles. The molecule has 29 heavy (non-hydrogen) atoms. The van der Waals surface area contributed by atoms with Crippen molar-refractivity contribution in [2.45, 2.75) is 5.60 Å². The fraction of sp³-hybridized carbons (Fsp3) is 0.0500. The molecule has 0 unspecified atom stereocenters. The number of fused-ring (bicyclic) bond motifs is 1. The van der Waals surface area contributed by atoms with Gasteiger partial charge in [0.1, 0.15) is 11.5 Å². The van der Waals surface area contributed by atoms with Gasteiger partial charge in [-0.3, -0.25) is 0 Å². The summed E-state index contributed by atoms with van der Waals surface area (Å²) >= 11 is 13.4. The Morgan fingerprint density at radius 2 is 1.17 bits per heavy atom. The second-order valence-corrected chi connectivity index (χ2v) is 9.61. The van der Waals surface area contributed by atoms with Gasteiger partial charge < -0.3 is 14.9 Å². The third-order valence-corrected chi connectivity index (χ3v) is 7.04. The molecule has 4 rings (SSSR count). The number of cyclic esters (lactones) is 1. The van der Waals surface area contributed by atoms with Gasteiger partial charge in [-0.2, -0.15) is 0 Å². The van der Waals surface area contributed by atoms with Crippen molar-refractivity contribution in [2.24, 2.45) is 0 Å². The molecule has 9 heteroatoms. The molecule has 1 aliphatic heterocycles. The number of phenolic OH excluding ortho intramolecular Hbond substituents is 2. The second kappa shape index (κ2) is 8.18. The summed E-state index contributed by atoms with van der Waals surface area (Å²) < 4.78 is 7.82. The third-order valence-electron chi connectivity index (χ3n) is 4.62. The van der Waals surface area contributed by atoms with E-state index >= 15 is 0 Å². The van der Waals surface area contributed by atoms with Gasteiger partial charge in [0.15, 0.2) is 5.60 Å². The minimum atomic E-state index is -1.26. The van der Waals surface area contributed by atoms with Crippen LogP contribution in [0.25, 0.3) is 0 Å². The lowest BCUT2D eigenvalue weighted by Crippen LogP contribution is -2.29. The van der Waals surface area contributed by atoms with Gasteiger partial charge in [0.2, 0.25) is 0 Å². The van der Waals surface area contributed by atoms with Crippen LogP contribution in [-0.2, 0) is 10.3 Å². The predicted molar refractivity (Wildman–Crippen MR) is 130 cm³/mol. The average Bonchev–Trinajstić information content (AvgIpc) is 2.97. The largest absolute Gasteiger partial charge is 0.506 e.